The summed E-state index contributed by atoms with van der Waals surface area (Å²) in [5.74, 6) is -1.51. The second-order valence-corrected chi connectivity index (χ2v) is 2.75. The minimum Gasteiger partial charge on any atom is -0.422 e. The highest BCUT2D eigenvalue weighted by atomic mass is 19.4. The van der Waals surface area contributed by atoms with Gasteiger partial charge in [0.2, 0.25) is 0 Å². The molecular weight excluding hydrogens is 251 g/mol. The molecule has 8 heteroatoms. The highest BCUT2D eigenvalue weighted by molar-refractivity contribution is 5.51. The molecule has 0 heterocycles. The van der Waals surface area contributed by atoms with E-state index in [-0.39, 0.29) is 0 Å². The van der Waals surface area contributed by atoms with Crippen molar-refractivity contribution in [1.82, 2.24) is 0 Å². The summed E-state index contributed by atoms with van der Waals surface area (Å²) in [6, 6.07) is 4.17. The summed E-state index contributed by atoms with van der Waals surface area (Å²) in [4.78, 5) is 9.88. The summed E-state index contributed by atoms with van der Waals surface area (Å²) in [6.45, 7) is 0.893. The number of carbonyl (C=O) groups excluding carboxylic acids is 1. The molecule has 0 amide bonds. The van der Waals surface area contributed by atoms with Gasteiger partial charge in [-0.3, -0.25) is 0 Å². The Hall–Kier alpha value is -1.86. The summed E-state index contributed by atoms with van der Waals surface area (Å²) in [7, 11) is 0. The van der Waals surface area contributed by atoms with Crippen LogP contribution in [0.1, 0.15) is 0 Å². The lowest BCUT2D eigenvalue weighted by Crippen LogP contribution is -2.41. The second-order valence-electron chi connectivity index (χ2n) is 2.75. The molecular formula is C9H4F5O3. The largest absolute Gasteiger partial charge is 0.499 e. The maximum Gasteiger partial charge on any atom is 0.499 e. The molecule has 3 nitrogen and oxygen atoms in total. The van der Waals surface area contributed by atoms with Gasteiger partial charge in [0.05, 0.1) is 0 Å². The van der Waals surface area contributed by atoms with Gasteiger partial charge < -0.3 is 9.47 Å². The Kier molecular flexibility index (Phi) is 3.54. The Morgan fingerprint density at radius 2 is 1.53 bits per heavy atom. The molecule has 1 radical (unpaired) electrons. The number of hydrogen-bond donors (Lipinski definition) is 0. The fourth-order valence-corrected chi connectivity index (χ4v) is 0.860. The first-order valence-corrected chi connectivity index (χ1v) is 4.04. The number of rotatable bonds is 4. The molecule has 0 N–H and O–H groups in total. The number of benzene rings is 1. The lowest BCUT2D eigenvalue weighted by Gasteiger charge is -2.20. The Labute approximate surface area is 91.7 Å². The first-order chi connectivity index (χ1) is 7.78. The Morgan fingerprint density at radius 1 is 1.00 bits per heavy atom. The zero-order chi connectivity index (χ0) is 13.1. The number of alkyl halides is 5. The molecule has 1 rings (SSSR count). The molecule has 0 saturated heterocycles. The maximum absolute atomic E-state index is 12.5. The third-order valence-corrected chi connectivity index (χ3v) is 1.57. The Bertz CT molecular complexity index is 402. The molecule has 0 bridgehead atoms. The molecule has 0 aliphatic heterocycles. The molecule has 1 aromatic carbocycles. The first kappa shape index (κ1) is 13.2. The van der Waals surface area contributed by atoms with Crippen LogP contribution in [0.25, 0.3) is 0 Å². The molecule has 17 heavy (non-hydrogen) atoms. The molecule has 0 spiro atoms. The van der Waals surface area contributed by atoms with E-state index < -0.39 is 23.8 Å². The third kappa shape index (κ3) is 3.05. The van der Waals surface area contributed by atoms with Gasteiger partial charge in [-0.05, 0) is 12.1 Å². The molecule has 0 unspecified atom stereocenters. The van der Waals surface area contributed by atoms with Crippen molar-refractivity contribution >= 4 is 6.47 Å². The van der Waals surface area contributed by atoms with Crippen LogP contribution in [0.3, 0.4) is 0 Å². The average molecular weight is 255 g/mol. The fraction of sp³-hybridized carbons (Fsp3) is 0.222. The van der Waals surface area contributed by atoms with Crippen molar-refractivity contribution in [3.8, 4) is 11.5 Å². The van der Waals surface area contributed by atoms with Crippen LogP contribution in [0.5, 0.6) is 11.5 Å². The summed E-state index contributed by atoms with van der Waals surface area (Å²) < 4.78 is 68.2. The number of ether oxygens (including phenoxy) is 2. The van der Waals surface area contributed by atoms with E-state index in [0.717, 1.165) is 24.7 Å². The monoisotopic (exact) mass is 255 g/mol. The second kappa shape index (κ2) is 4.56. The van der Waals surface area contributed by atoms with E-state index in [1.807, 2.05) is 0 Å². The van der Waals surface area contributed by atoms with E-state index in [2.05, 4.69) is 9.47 Å². The highest BCUT2D eigenvalue weighted by Crippen LogP contribution is 2.39. The van der Waals surface area contributed by atoms with Crippen molar-refractivity contribution in [2.45, 2.75) is 12.3 Å². The Morgan fingerprint density at radius 3 is 2.00 bits per heavy atom. The van der Waals surface area contributed by atoms with Crippen molar-refractivity contribution < 1.29 is 36.2 Å². The molecule has 0 fully saturated rings. The van der Waals surface area contributed by atoms with Crippen LogP contribution in [0.4, 0.5) is 22.0 Å². The molecule has 0 aliphatic carbocycles. The van der Waals surface area contributed by atoms with Crippen LogP contribution in [0, 0.1) is 0 Å². The van der Waals surface area contributed by atoms with E-state index in [0.29, 0.717) is 0 Å². The maximum atomic E-state index is 12.5. The number of para-hydroxylation sites is 2. The van der Waals surface area contributed by atoms with E-state index in [9.17, 15) is 26.7 Å². The highest BCUT2D eigenvalue weighted by Gasteiger charge is 2.61. The zero-order valence-electron chi connectivity index (χ0n) is 7.92. The summed E-state index contributed by atoms with van der Waals surface area (Å²) >= 11 is 0. The van der Waals surface area contributed by atoms with Crippen molar-refractivity contribution in [1.29, 1.82) is 0 Å². The quantitative estimate of drug-likeness (QED) is 0.776. The fourth-order valence-electron chi connectivity index (χ4n) is 0.860. The van der Waals surface area contributed by atoms with Gasteiger partial charge in [0.25, 0.3) is 0 Å². The van der Waals surface area contributed by atoms with Crippen molar-refractivity contribution in [2.75, 3.05) is 0 Å². The van der Waals surface area contributed by atoms with Gasteiger partial charge in [-0.2, -0.15) is 22.0 Å². The van der Waals surface area contributed by atoms with Crippen LogP contribution < -0.4 is 9.47 Å². The predicted molar refractivity (Wildman–Crippen MR) is 44.4 cm³/mol. The van der Waals surface area contributed by atoms with Crippen LogP contribution in [0.2, 0.25) is 0 Å². The number of halogens is 5. The normalized spacial score (nSPS) is 12.1. The lowest BCUT2D eigenvalue weighted by molar-refractivity contribution is -0.360. The van der Waals surface area contributed by atoms with E-state index in [1.54, 1.807) is 0 Å². The minimum absolute atomic E-state index is 0.591. The molecule has 0 saturated carbocycles. The third-order valence-electron chi connectivity index (χ3n) is 1.57. The predicted octanol–water partition coefficient (Wildman–Crippen LogP) is 2.67. The van der Waals surface area contributed by atoms with Gasteiger partial charge in [-0.15, -0.1) is 0 Å². The lowest BCUT2D eigenvalue weighted by atomic mass is 10.3. The van der Waals surface area contributed by atoms with Crippen LogP contribution in [-0.4, -0.2) is 18.8 Å². The van der Waals surface area contributed by atoms with Crippen LogP contribution in [-0.2, 0) is 4.79 Å². The SMILES string of the molecule is O=[C]Oc1ccccc1OC(F)(F)C(F)(F)F. The van der Waals surface area contributed by atoms with Gasteiger partial charge >= 0.3 is 18.8 Å². The summed E-state index contributed by atoms with van der Waals surface area (Å²) in [5.41, 5.74) is 0. The molecule has 93 valence electrons. The van der Waals surface area contributed by atoms with Crippen molar-refractivity contribution in [3.63, 3.8) is 0 Å². The van der Waals surface area contributed by atoms with Gasteiger partial charge in [0.1, 0.15) is 0 Å². The van der Waals surface area contributed by atoms with Crippen LogP contribution >= 0.6 is 0 Å². The molecule has 0 aliphatic rings. The van der Waals surface area contributed by atoms with E-state index in [4.69, 9.17) is 0 Å². The summed E-state index contributed by atoms with van der Waals surface area (Å²) in [5, 5.41) is 0. The molecule has 0 atom stereocenters. The van der Waals surface area contributed by atoms with Crippen molar-refractivity contribution in [2.24, 2.45) is 0 Å². The standard InChI is InChI=1S/C9H4F5O3/c10-8(11,12)9(13,14)17-7-4-2-1-3-6(7)16-5-15/h1-4H. The van der Waals surface area contributed by atoms with E-state index in [1.165, 1.54) is 6.07 Å². The Balaban J connectivity index is 2.99. The number of hydrogen-bond acceptors (Lipinski definition) is 3. The summed E-state index contributed by atoms with van der Waals surface area (Å²) in [6.07, 6.45) is -11.2. The smallest absolute Gasteiger partial charge is 0.422 e. The van der Waals surface area contributed by atoms with Gasteiger partial charge in [0, 0.05) is 0 Å². The van der Waals surface area contributed by atoms with Crippen LogP contribution in [0.15, 0.2) is 24.3 Å². The zero-order valence-corrected chi connectivity index (χ0v) is 7.92. The van der Waals surface area contributed by atoms with E-state index >= 15 is 0 Å². The first-order valence-electron chi connectivity index (χ1n) is 4.04. The van der Waals surface area contributed by atoms with Gasteiger partial charge in [0.15, 0.2) is 11.5 Å². The van der Waals surface area contributed by atoms with Crippen molar-refractivity contribution in [3.05, 3.63) is 24.3 Å². The topological polar surface area (TPSA) is 35.5 Å². The minimum atomic E-state index is -5.87. The van der Waals surface area contributed by atoms with Gasteiger partial charge in [-0.25, -0.2) is 4.79 Å². The average Bonchev–Trinajstić information content (AvgIpc) is 2.19. The van der Waals surface area contributed by atoms with Gasteiger partial charge in [-0.1, -0.05) is 12.1 Å². The molecule has 1 aromatic rings. The molecule has 0 aromatic heterocycles.